The zero-order valence-corrected chi connectivity index (χ0v) is 15.7. The predicted octanol–water partition coefficient (Wildman–Crippen LogP) is 2.68. The van der Waals surface area contributed by atoms with Crippen LogP contribution >= 0.6 is 35.8 Å². The molecule has 1 saturated heterocycles. The standard InChI is InChI=1S/C16H20ClN3O2S.ClH/c1-9-4-5-18-8-12(9)19-15(21)7-14-16(22)20-11-6-10(17)2-3-13(11)23-14;/h2-3,6,9,12,14,18H,4-5,7-8H2,1H3,(H,19,21)(H,20,22);1H. The Hall–Kier alpha value is -0.950. The maximum atomic E-state index is 12.3. The van der Waals surface area contributed by atoms with Crippen LogP contribution in [0.5, 0.6) is 0 Å². The summed E-state index contributed by atoms with van der Waals surface area (Å²) in [6.07, 6.45) is 1.24. The molecule has 132 valence electrons. The van der Waals surface area contributed by atoms with Gasteiger partial charge in [0.2, 0.25) is 11.8 Å². The minimum absolute atomic E-state index is 0. The number of halogens is 2. The molecule has 0 aromatic heterocycles. The zero-order chi connectivity index (χ0) is 16.4. The van der Waals surface area contributed by atoms with Gasteiger partial charge in [0.05, 0.1) is 10.9 Å². The highest BCUT2D eigenvalue weighted by Crippen LogP contribution is 2.38. The van der Waals surface area contributed by atoms with Crippen LogP contribution in [0.1, 0.15) is 19.8 Å². The Labute approximate surface area is 157 Å². The minimum atomic E-state index is -0.407. The van der Waals surface area contributed by atoms with Crippen molar-refractivity contribution >= 4 is 53.3 Å². The number of nitrogens with one attached hydrogen (secondary N) is 3. The average Bonchev–Trinajstić information content (AvgIpc) is 2.50. The molecule has 8 heteroatoms. The number of anilines is 1. The quantitative estimate of drug-likeness (QED) is 0.742. The summed E-state index contributed by atoms with van der Waals surface area (Å²) >= 11 is 7.35. The molecule has 2 aliphatic heterocycles. The molecular formula is C16H21Cl2N3O2S. The summed E-state index contributed by atoms with van der Waals surface area (Å²) in [5.74, 6) is 0.237. The number of benzene rings is 1. The van der Waals surface area contributed by atoms with E-state index in [1.807, 2.05) is 6.07 Å². The van der Waals surface area contributed by atoms with Gasteiger partial charge in [-0.3, -0.25) is 9.59 Å². The highest BCUT2D eigenvalue weighted by Gasteiger charge is 2.30. The highest BCUT2D eigenvalue weighted by molar-refractivity contribution is 8.01. The van der Waals surface area contributed by atoms with E-state index in [1.165, 1.54) is 11.8 Å². The van der Waals surface area contributed by atoms with Gasteiger partial charge in [0.25, 0.3) is 0 Å². The second-order valence-corrected chi connectivity index (χ2v) is 7.77. The van der Waals surface area contributed by atoms with Crippen LogP contribution in [0.2, 0.25) is 5.02 Å². The molecule has 3 N–H and O–H groups in total. The van der Waals surface area contributed by atoms with Gasteiger partial charge in [-0.2, -0.15) is 0 Å². The van der Waals surface area contributed by atoms with E-state index in [0.717, 1.165) is 24.4 Å². The normalized spacial score (nSPS) is 25.9. The molecule has 3 unspecified atom stereocenters. The topological polar surface area (TPSA) is 70.2 Å². The number of carbonyl (C=O) groups is 2. The summed E-state index contributed by atoms with van der Waals surface area (Å²) in [5.41, 5.74) is 0.717. The van der Waals surface area contributed by atoms with Crippen molar-refractivity contribution in [1.82, 2.24) is 10.6 Å². The maximum Gasteiger partial charge on any atom is 0.238 e. The monoisotopic (exact) mass is 389 g/mol. The molecular weight excluding hydrogens is 369 g/mol. The van der Waals surface area contributed by atoms with Gasteiger partial charge in [-0.1, -0.05) is 18.5 Å². The van der Waals surface area contributed by atoms with Crippen molar-refractivity contribution in [2.45, 2.75) is 36.0 Å². The first-order valence-electron chi connectivity index (χ1n) is 7.80. The maximum absolute atomic E-state index is 12.3. The van der Waals surface area contributed by atoms with Crippen LogP contribution < -0.4 is 16.0 Å². The Morgan fingerprint density at radius 3 is 3.00 bits per heavy atom. The second-order valence-electron chi connectivity index (χ2n) is 6.08. The van der Waals surface area contributed by atoms with Crippen molar-refractivity contribution in [1.29, 1.82) is 0 Å². The van der Waals surface area contributed by atoms with Gasteiger partial charge >= 0.3 is 0 Å². The third-order valence-corrected chi connectivity index (χ3v) is 5.82. The van der Waals surface area contributed by atoms with Crippen LogP contribution in [0.15, 0.2) is 23.1 Å². The average molecular weight is 390 g/mol. The van der Waals surface area contributed by atoms with Crippen LogP contribution in [0.4, 0.5) is 5.69 Å². The molecule has 2 aliphatic rings. The van der Waals surface area contributed by atoms with Crippen LogP contribution in [-0.4, -0.2) is 36.2 Å². The van der Waals surface area contributed by atoms with Crippen LogP contribution in [-0.2, 0) is 9.59 Å². The van der Waals surface area contributed by atoms with E-state index in [9.17, 15) is 9.59 Å². The van der Waals surface area contributed by atoms with Gasteiger partial charge in [-0.15, -0.1) is 24.2 Å². The van der Waals surface area contributed by atoms with E-state index in [2.05, 4.69) is 22.9 Å². The lowest BCUT2D eigenvalue weighted by Crippen LogP contribution is -2.51. The predicted molar refractivity (Wildman–Crippen MR) is 100 cm³/mol. The molecule has 0 bridgehead atoms. The van der Waals surface area contributed by atoms with E-state index in [4.69, 9.17) is 11.6 Å². The zero-order valence-electron chi connectivity index (χ0n) is 13.3. The Bertz CT molecular complexity index is 629. The molecule has 2 amide bonds. The Morgan fingerprint density at radius 1 is 1.46 bits per heavy atom. The number of rotatable bonds is 3. The molecule has 3 atom stereocenters. The van der Waals surface area contributed by atoms with Crippen molar-refractivity contribution in [2.24, 2.45) is 5.92 Å². The molecule has 0 radical (unpaired) electrons. The first-order valence-corrected chi connectivity index (χ1v) is 9.06. The lowest BCUT2D eigenvalue weighted by Gasteiger charge is -2.31. The second kappa shape index (κ2) is 8.43. The van der Waals surface area contributed by atoms with Crippen molar-refractivity contribution in [3.63, 3.8) is 0 Å². The number of amides is 2. The Kier molecular flexibility index (Phi) is 6.80. The SMILES string of the molecule is CC1CCNCC1NC(=O)CC1Sc2ccc(Cl)cc2NC1=O.Cl. The Morgan fingerprint density at radius 2 is 2.25 bits per heavy atom. The third-order valence-electron chi connectivity index (χ3n) is 4.31. The van der Waals surface area contributed by atoms with Crippen LogP contribution in [0.25, 0.3) is 0 Å². The van der Waals surface area contributed by atoms with E-state index in [-0.39, 0.29) is 36.7 Å². The molecule has 0 aliphatic carbocycles. The molecule has 24 heavy (non-hydrogen) atoms. The lowest BCUT2D eigenvalue weighted by molar-refractivity contribution is -0.124. The fraction of sp³-hybridized carbons (Fsp3) is 0.500. The summed E-state index contributed by atoms with van der Waals surface area (Å²) in [5, 5.41) is 9.35. The molecule has 1 aromatic carbocycles. The van der Waals surface area contributed by atoms with E-state index >= 15 is 0 Å². The molecule has 1 aromatic rings. The molecule has 3 rings (SSSR count). The number of hydrogen-bond acceptors (Lipinski definition) is 4. The largest absolute Gasteiger partial charge is 0.352 e. The number of thioether (sulfide) groups is 1. The molecule has 2 heterocycles. The summed E-state index contributed by atoms with van der Waals surface area (Å²) < 4.78 is 0. The summed E-state index contributed by atoms with van der Waals surface area (Å²) in [4.78, 5) is 25.4. The summed E-state index contributed by atoms with van der Waals surface area (Å²) in [6, 6.07) is 5.53. The third kappa shape index (κ3) is 4.57. The molecule has 0 saturated carbocycles. The van der Waals surface area contributed by atoms with Crippen LogP contribution in [0.3, 0.4) is 0 Å². The van der Waals surface area contributed by atoms with E-state index in [1.54, 1.807) is 12.1 Å². The smallest absolute Gasteiger partial charge is 0.238 e. The number of piperidine rings is 1. The van der Waals surface area contributed by atoms with Gasteiger partial charge in [0.15, 0.2) is 0 Å². The number of carbonyl (C=O) groups excluding carboxylic acids is 2. The van der Waals surface area contributed by atoms with Gasteiger partial charge in [0.1, 0.15) is 0 Å². The molecule has 1 fully saturated rings. The Balaban J connectivity index is 0.00000208. The minimum Gasteiger partial charge on any atom is -0.352 e. The van der Waals surface area contributed by atoms with E-state index in [0.29, 0.717) is 16.6 Å². The van der Waals surface area contributed by atoms with Gasteiger partial charge in [-0.25, -0.2) is 0 Å². The molecule has 0 spiro atoms. The fourth-order valence-corrected chi connectivity index (χ4v) is 4.14. The van der Waals surface area contributed by atoms with Crippen molar-refractivity contribution in [2.75, 3.05) is 18.4 Å². The van der Waals surface area contributed by atoms with Crippen molar-refractivity contribution < 1.29 is 9.59 Å². The van der Waals surface area contributed by atoms with E-state index < -0.39 is 5.25 Å². The van der Waals surface area contributed by atoms with Gasteiger partial charge < -0.3 is 16.0 Å². The van der Waals surface area contributed by atoms with Crippen molar-refractivity contribution in [3.05, 3.63) is 23.2 Å². The highest BCUT2D eigenvalue weighted by atomic mass is 35.5. The summed E-state index contributed by atoms with van der Waals surface area (Å²) in [6.45, 7) is 3.93. The fourth-order valence-electron chi connectivity index (χ4n) is 2.87. The van der Waals surface area contributed by atoms with Gasteiger partial charge in [-0.05, 0) is 37.1 Å². The van der Waals surface area contributed by atoms with Crippen LogP contribution in [0, 0.1) is 5.92 Å². The summed E-state index contributed by atoms with van der Waals surface area (Å²) in [7, 11) is 0. The number of fused-ring (bicyclic) bond motifs is 1. The van der Waals surface area contributed by atoms with Gasteiger partial charge in [0, 0.05) is 28.9 Å². The lowest BCUT2D eigenvalue weighted by atomic mass is 9.94. The molecule has 5 nitrogen and oxygen atoms in total. The first kappa shape index (κ1) is 19.4. The first-order chi connectivity index (χ1) is 11.0. The van der Waals surface area contributed by atoms with Crippen molar-refractivity contribution in [3.8, 4) is 0 Å². The number of hydrogen-bond donors (Lipinski definition) is 3.